The molecule has 0 spiro atoms. The number of carbonyl (C=O) groups excluding carboxylic acids is 1. The van der Waals surface area contributed by atoms with E-state index in [0.717, 1.165) is 19.3 Å². The van der Waals surface area contributed by atoms with Gasteiger partial charge in [-0.15, -0.1) is 0 Å². The lowest BCUT2D eigenvalue weighted by Gasteiger charge is -2.13. The Hall–Kier alpha value is -2.06. The first-order valence-electron chi connectivity index (χ1n) is 9.10. The Kier molecular flexibility index (Phi) is 8.12. The topological polar surface area (TPSA) is 93.7 Å². The van der Waals surface area contributed by atoms with Crippen molar-refractivity contribution in [3.8, 4) is 11.5 Å². The number of benzene rings is 1. The van der Waals surface area contributed by atoms with E-state index in [2.05, 4.69) is 16.1 Å². The molecule has 0 aromatic heterocycles. The van der Waals surface area contributed by atoms with E-state index in [1.54, 1.807) is 18.2 Å². The SMILES string of the molecule is COc1ccc(C(=O)NCCS(=O)(=O)NCCC2=CCCCC2)cc1OC. The number of hydrogen-bond donors (Lipinski definition) is 2. The van der Waals surface area contributed by atoms with Gasteiger partial charge in [-0.1, -0.05) is 11.6 Å². The standard InChI is InChI=1S/C19H28N2O5S/c1-25-17-9-8-16(14-18(17)26-2)19(22)20-12-13-27(23,24)21-11-10-15-6-4-3-5-7-15/h6,8-9,14,21H,3-5,7,10-13H2,1-2H3,(H,20,22). The minimum atomic E-state index is -3.42. The van der Waals surface area contributed by atoms with Gasteiger partial charge in [0.2, 0.25) is 10.0 Å². The van der Waals surface area contributed by atoms with Gasteiger partial charge in [0.15, 0.2) is 11.5 Å². The molecule has 0 saturated carbocycles. The van der Waals surface area contributed by atoms with E-state index in [1.807, 2.05) is 0 Å². The van der Waals surface area contributed by atoms with Crippen LogP contribution in [0.25, 0.3) is 0 Å². The summed E-state index contributed by atoms with van der Waals surface area (Å²) in [5, 5.41) is 2.62. The molecule has 2 N–H and O–H groups in total. The molecule has 0 unspecified atom stereocenters. The van der Waals surface area contributed by atoms with Gasteiger partial charge in [-0.05, 0) is 50.3 Å². The van der Waals surface area contributed by atoms with Crippen LogP contribution in [-0.4, -0.2) is 47.4 Å². The molecule has 0 atom stereocenters. The Bertz CT molecular complexity index is 774. The summed E-state index contributed by atoms with van der Waals surface area (Å²) in [7, 11) is -0.419. The lowest BCUT2D eigenvalue weighted by Crippen LogP contribution is -2.35. The number of nitrogens with one attached hydrogen (secondary N) is 2. The molecule has 1 aromatic rings. The van der Waals surface area contributed by atoms with E-state index in [0.29, 0.717) is 23.6 Å². The maximum atomic E-state index is 12.2. The van der Waals surface area contributed by atoms with E-state index >= 15 is 0 Å². The molecule has 0 bridgehead atoms. The normalized spacial score (nSPS) is 14.4. The van der Waals surface area contributed by atoms with Crippen molar-refractivity contribution in [1.29, 1.82) is 0 Å². The van der Waals surface area contributed by atoms with Gasteiger partial charge in [0.25, 0.3) is 5.91 Å². The average Bonchev–Trinajstić information content (AvgIpc) is 2.67. The summed E-state index contributed by atoms with van der Waals surface area (Å²) in [6, 6.07) is 4.78. The summed E-state index contributed by atoms with van der Waals surface area (Å²) in [4.78, 5) is 12.2. The molecule has 1 aromatic carbocycles. The predicted octanol–water partition coefficient (Wildman–Crippen LogP) is 2.24. The van der Waals surface area contributed by atoms with Crippen molar-refractivity contribution in [3.05, 3.63) is 35.4 Å². The summed E-state index contributed by atoms with van der Waals surface area (Å²) < 4.78 is 37.0. The van der Waals surface area contributed by atoms with Crippen molar-refractivity contribution in [2.24, 2.45) is 0 Å². The number of sulfonamides is 1. The first kappa shape index (κ1) is 21.2. The number of carbonyl (C=O) groups is 1. The third-order valence-electron chi connectivity index (χ3n) is 4.46. The minimum Gasteiger partial charge on any atom is -0.493 e. The third kappa shape index (κ3) is 6.88. The summed E-state index contributed by atoms with van der Waals surface area (Å²) in [5.41, 5.74) is 1.70. The van der Waals surface area contributed by atoms with Crippen molar-refractivity contribution in [2.75, 3.05) is 33.1 Å². The molecule has 0 aliphatic heterocycles. The Labute approximate surface area is 161 Å². The highest BCUT2D eigenvalue weighted by molar-refractivity contribution is 7.89. The van der Waals surface area contributed by atoms with E-state index < -0.39 is 10.0 Å². The zero-order valence-electron chi connectivity index (χ0n) is 15.9. The van der Waals surface area contributed by atoms with Crippen LogP contribution >= 0.6 is 0 Å². The number of hydrogen-bond acceptors (Lipinski definition) is 5. The number of allylic oxidation sites excluding steroid dienone is 1. The summed E-state index contributed by atoms with van der Waals surface area (Å²) in [5.74, 6) is 0.439. The van der Waals surface area contributed by atoms with Crippen molar-refractivity contribution < 1.29 is 22.7 Å². The summed E-state index contributed by atoms with van der Waals surface area (Å²) in [6.45, 7) is 0.434. The molecular weight excluding hydrogens is 368 g/mol. The van der Waals surface area contributed by atoms with Crippen molar-refractivity contribution in [1.82, 2.24) is 10.0 Å². The van der Waals surface area contributed by atoms with E-state index in [9.17, 15) is 13.2 Å². The fraction of sp³-hybridized carbons (Fsp3) is 0.526. The first-order chi connectivity index (χ1) is 12.9. The van der Waals surface area contributed by atoms with Gasteiger partial charge in [-0.25, -0.2) is 13.1 Å². The van der Waals surface area contributed by atoms with Crippen LogP contribution in [0.15, 0.2) is 29.8 Å². The van der Waals surface area contributed by atoms with Gasteiger partial charge >= 0.3 is 0 Å². The van der Waals surface area contributed by atoms with Crippen LogP contribution in [0.1, 0.15) is 42.5 Å². The largest absolute Gasteiger partial charge is 0.493 e. The van der Waals surface area contributed by atoms with Gasteiger partial charge < -0.3 is 14.8 Å². The van der Waals surface area contributed by atoms with Crippen LogP contribution in [-0.2, 0) is 10.0 Å². The fourth-order valence-electron chi connectivity index (χ4n) is 2.95. The highest BCUT2D eigenvalue weighted by Crippen LogP contribution is 2.27. The number of methoxy groups -OCH3 is 2. The van der Waals surface area contributed by atoms with Crippen LogP contribution in [0.4, 0.5) is 0 Å². The average molecular weight is 397 g/mol. The summed E-state index contributed by atoms with van der Waals surface area (Å²) in [6.07, 6.45) is 7.50. The van der Waals surface area contributed by atoms with E-state index in [-0.39, 0.29) is 18.2 Å². The Morgan fingerprint density at radius 3 is 2.56 bits per heavy atom. The molecule has 0 radical (unpaired) electrons. The molecule has 7 nitrogen and oxygen atoms in total. The van der Waals surface area contributed by atoms with Crippen molar-refractivity contribution in [3.63, 3.8) is 0 Å². The zero-order valence-corrected chi connectivity index (χ0v) is 16.7. The fourth-order valence-corrected chi connectivity index (χ4v) is 3.88. The van der Waals surface area contributed by atoms with Crippen LogP contribution < -0.4 is 19.5 Å². The smallest absolute Gasteiger partial charge is 0.251 e. The number of amides is 1. The van der Waals surface area contributed by atoms with E-state index in [4.69, 9.17) is 9.47 Å². The highest BCUT2D eigenvalue weighted by atomic mass is 32.2. The molecule has 150 valence electrons. The Morgan fingerprint density at radius 1 is 1.11 bits per heavy atom. The Morgan fingerprint density at radius 2 is 1.89 bits per heavy atom. The van der Waals surface area contributed by atoms with Gasteiger partial charge in [-0.2, -0.15) is 0 Å². The quantitative estimate of drug-likeness (QED) is 0.592. The molecule has 2 rings (SSSR count). The van der Waals surface area contributed by atoms with Crippen LogP contribution in [0.3, 0.4) is 0 Å². The molecule has 0 heterocycles. The lowest BCUT2D eigenvalue weighted by molar-refractivity contribution is 0.0955. The molecular formula is C19H28N2O5S. The highest BCUT2D eigenvalue weighted by Gasteiger charge is 2.14. The third-order valence-corrected chi connectivity index (χ3v) is 5.84. The van der Waals surface area contributed by atoms with Gasteiger partial charge in [0.05, 0.1) is 20.0 Å². The molecule has 27 heavy (non-hydrogen) atoms. The predicted molar refractivity (Wildman–Crippen MR) is 105 cm³/mol. The second kappa shape index (κ2) is 10.3. The van der Waals surface area contributed by atoms with Gasteiger partial charge in [-0.3, -0.25) is 4.79 Å². The molecule has 1 aliphatic carbocycles. The van der Waals surface area contributed by atoms with Crippen molar-refractivity contribution >= 4 is 15.9 Å². The zero-order chi connectivity index (χ0) is 19.7. The Balaban J connectivity index is 1.77. The monoisotopic (exact) mass is 396 g/mol. The van der Waals surface area contributed by atoms with Gasteiger partial charge in [0, 0.05) is 18.7 Å². The molecule has 1 aliphatic rings. The maximum Gasteiger partial charge on any atom is 0.251 e. The van der Waals surface area contributed by atoms with Crippen LogP contribution in [0.5, 0.6) is 11.5 Å². The second-order valence-electron chi connectivity index (χ2n) is 6.40. The van der Waals surface area contributed by atoms with Crippen LogP contribution in [0.2, 0.25) is 0 Å². The molecule has 8 heteroatoms. The lowest BCUT2D eigenvalue weighted by atomic mass is 9.97. The molecule has 0 saturated heterocycles. The van der Waals surface area contributed by atoms with Crippen molar-refractivity contribution in [2.45, 2.75) is 32.1 Å². The second-order valence-corrected chi connectivity index (χ2v) is 8.32. The van der Waals surface area contributed by atoms with E-state index in [1.165, 1.54) is 32.6 Å². The molecule has 1 amide bonds. The first-order valence-corrected chi connectivity index (χ1v) is 10.8. The summed E-state index contributed by atoms with van der Waals surface area (Å²) >= 11 is 0. The minimum absolute atomic E-state index is 0.0329. The number of ether oxygens (including phenoxy) is 2. The number of rotatable bonds is 10. The maximum absolute atomic E-state index is 12.2. The molecule has 0 fully saturated rings. The van der Waals surface area contributed by atoms with Crippen LogP contribution in [0, 0.1) is 0 Å². The van der Waals surface area contributed by atoms with Gasteiger partial charge in [0.1, 0.15) is 0 Å².